The first-order valence-corrected chi connectivity index (χ1v) is 15.6. The van der Waals surface area contributed by atoms with Gasteiger partial charge in [0.15, 0.2) is 5.82 Å². The van der Waals surface area contributed by atoms with Crippen LogP contribution in [-0.4, -0.2) is 58.7 Å². The summed E-state index contributed by atoms with van der Waals surface area (Å²) in [5.41, 5.74) is 3.93. The summed E-state index contributed by atoms with van der Waals surface area (Å²) in [5, 5.41) is 29.9. The molecule has 13 heteroatoms. The molecular formula is C33H42Cl2F2N6O3. The van der Waals surface area contributed by atoms with Crippen molar-refractivity contribution < 1.29 is 23.4 Å². The van der Waals surface area contributed by atoms with E-state index in [4.69, 9.17) is 33.7 Å². The molecule has 0 saturated carbocycles. The van der Waals surface area contributed by atoms with Crippen LogP contribution in [0.2, 0.25) is 10.0 Å². The number of aliphatic hydroxyl groups excluding tert-OH is 1. The van der Waals surface area contributed by atoms with Gasteiger partial charge in [-0.05, 0) is 49.4 Å². The van der Waals surface area contributed by atoms with Gasteiger partial charge in [-0.1, -0.05) is 62.2 Å². The predicted octanol–water partition coefficient (Wildman–Crippen LogP) is 5.79. The van der Waals surface area contributed by atoms with E-state index in [-0.39, 0.29) is 40.2 Å². The Morgan fingerprint density at radius 2 is 1.98 bits per heavy atom. The lowest BCUT2D eigenvalue weighted by Gasteiger charge is -2.37. The van der Waals surface area contributed by atoms with Crippen LogP contribution in [0.15, 0.2) is 48.7 Å². The summed E-state index contributed by atoms with van der Waals surface area (Å²) in [6, 6.07) is 12.7. The molecule has 4 atom stereocenters. The molecule has 250 valence electrons. The number of nitriles is 1. The molecule has 0 radical (unpaired) electrons. The lowest BCUT2D eigenvalue weighted by molar-refractivity contribution is -0.105. The molecule has 2 aromatic carbocycles. The molecule has 1 aliphatic rings. The number of carbonyl (C=O) groups is 1. The fourth-order valence-electron chi connectivity index (χ4n) is 5.64. The van der Waals surface area contributed by atoms with Crippen LogP contribution < -0.4 is 16.4 Å². The quantitative estimate of drug-likeness (QED) is 0.188. The van der Waals surface area contributed by atoms with Gasteiger partial charge in [-0.2, -0.15) is 10.4 Å². The van der Waals surface area contributed by atoms with E-state index < -0.39 is 34.7 Å². The summed E-state index contributed by atoms with van der Waals surface area (Å²) < 4.78 is 37.2. The topological polar surface area (TPSA) is 138 Å². The number of aromatic nitrogens is 2. The molecule has 0 bridgehead atoms. The van der Waals surface area contributed by atoms with Crippen LogP contribution in [0, 0.1) is 28.4 Å². The number of aliphatic hydroxyl groups is 1. The summed E-state index contributed by atoms with van der Waals surface area (Å²) in [7, 11) is 0. The number of rotatable bonds is 11. The highest BCUT2D eigenvalue weighted by molar-refractivity contribution is 6.31. The number of benzene rings is 2. The second kappa shape index (κ2) is 15.7. The number of amides is 1. The highest BCUT2D eigenvalue weighted by Crippen LogP contribution is 2.50. The second-order valence-corrected chi connectivity index (χ2v) is 14.0. The minimum absolute atomic E-state index is 0.0137. The molecule has 46 heavy (non-hydrogen) atoms. The first-order valence-electron chi connectivity index (χ1n) is 14.9. The van der Waals surface area contributed by atoms with Crippen LogP contribution in [0.5, 0.6) is 0 Å². The number of nitrogens with two attached hydrogens (primary N) is 1. The zero-order chi connectivity index (χ0) is 34.3. The Morgan fingerprint density at radius 3 is 2.59 bits per heavy atom. The van der Waals surface area contributed by atoms with Crippen LogP contribution in [0.25, 0.3) is 0 Å². The SMILES string of the molecule is CC(C)(C)CC1NCC(c2cccc(Cl)c2F)[C@@]1(C#N)c1ccc(Cl)cc1F.CC(C)(Cn1ccc(NC=O)n1)OCC(O)CN. The van der Waals surface area contributed by atoms with E-state index in [0.717, 1.165) is 0 Å². The van der Waals surface area contributed by atoms with E-state index in [1.165, 1.54) is 12.1 Å². The molecule has 1 amide bonds. The van der Waals surface area contributed by atoms with Gasteiger partial charge in [0.05, 0.1) is 35.9 Å². The highest BCUT2D eigenvalue weighted by atomic mass is 35.5. The molecule has 5 N–H and O–H groups in total. The number of halogens is 4. The standard InChI is InChI=1S/C22H22Cl2F2N2.C11H20N4O3/c1-21(2,3)10-19-22(12-27,15-8-7-13(23)9-18(15)25)16(11-28-19)14-5-4-6-17(24)20(14)26;1-11(2,18-6-9(17)5-12)7-15-4-3-10(14-15)13-8-16/h4-9,16,19,28H,10-11H2,1-3H3;3-4,8-9,17H,5-7,12H2,1-2H3,(H,13,14,16)/t16?,19?,22-;/m1./s1. The second-order valence-electron chi connectivity index (χ2n) is 13.1. The van der Waals surface area contributed by atoms with Gasteiger partial charge in [-0.15, -0.1) is 0 Å². The van der Waals surface area contributed by atoms with Gasteiger partial charge >= 0.3 is 0 Å². The number of nitrogens with one attached hydrogen (secondary N) is 2. The monoisotopic (exact) mass is 678 g/mol. The van der Waals surface area contributed by atoms with Gasteiger partial charge in [0.2, 0.25) is 6.41 Å². The van der Waals surface area contributed by atoms with E-state index >= 15 is 4.39 Å². The van der Waals surface area contributed by atoms with Crippen molar-refractivity contribution in [3.63, 3.8) is 0 Å². The maximum Gasteiger partial charge on any atom is 0.212 e. The molecule has 2 heterocycles. The van der Waals surface area contributed by atoms with Gasteiger partial charge in [0.25, 0.3) is 0 Å². The van der Waals surface area contributed by atoms with Crippen LogP contribution >= 0.6 is 23.2 Å². The smallest absolute Gasteiger partial charge is 0.212 e. The number of hydrogen-bond donors (Lipinski definition) is 4. The Balaban J connectivity index is 0.000000277. The van der Waals surface area contributed by atoms with Crippen molar-refractivity contribution in [2.45, 2.75) is 76.7 Å². The lowest BCUT2D eigenvalue weighted by Crippen LogP contribution is -2.44. The summed E-state index contributed by atoms with van der Waals surface area (Å²) in [5.74, 6) is -1.24. The number of anilines is 1. The van der Waals surface area contributed by atoms with Crippen molar-refractivity contribution in [1.29, 1.82) is 5.26 Å². The average Bonchev–Trinajstić information content (AvgIpc) is 3.56. The molecule has 1 aromatic heterocycles. The molecule has 0 aliphatic carbocycles. The molecule has 3 aromatic rings. The van der Waals surface area contributed by atoms with Crippen LogP contribution in [0.3, 0.4) is 0 Å². The molecule has 0 spiro atoms. The van der Waals surface area contributed by atoms with Crippen molar-refractivity contribution in [1.82, 2.24) is 15.1 Å². The van der Waals surface area contributed by atoms with E-state index in [1.54, 1.807) is 41.2 Å². The number of carbonyl (C=O) groups excluding carboxylic acids is 1. The van der Waals surface area contributed by atoms with E-state index in [2.05, 4.69) is 42.6 Å². The zero-order valence-electron chi connectivity index (χ0n) is 26.7. The Kier molecular flexibility index (Phi) is 12.7. The van der Waals surface area contributed by atoms with Crippen molar-refractivity contribution in [3.8, 4) is 6.07 Å². The average molecular weight is 680 g/mol. The molecule has 1 fully saturated rings. The Morgan fingerprint density at radius 1 is 1.26 bits per heavy atom. The minimum atomic E-state index is -1.30. The number of ether oxygens (including phenoxy) is 1. The van der Waals surface area contributed by atoms with Crippen LogP contribution in [0.4, 0.5) is 14.6 Å². The van der Waals surface area contributed by atoms with Gasteiger partial charge in [0, 0.05) is 47.9 Å². The first-order chi connectivity index (χ1) is 21.6. The normalized spacial score (nSPS) is 20.4. The van der Waals surface area contributed by atoms with Crippen LogP contribution in [-0.2, 0) is 21.5 Å². The molecule has 3 unspecified atom stereocenters. The van der Waals surface area contributed by atoms with Gasteiger partial charge in [-0.3, -0.25) is 9.48 Å². The lowest BCUT2D eigenvalue weighted by atomic mass is 9.64. The fourth-order valence-corrected chi connectivity index (χ4v) is 5.99. The molecular weight excluding hydrogens is 637 g/mol. The number of nitrogens with zero attached hydrogens (tertiary/aromatic N) is 3. The van der Waals surface area contributed by atoms with Gasteiger partial charge in [-0.25, -0.2) is 8.78 Å². The maximum atomic E-state index is 15.0. The van der Waals surface area contributed by atoms with Gasteiger partial charge < -0.3 is 26.2 Å². The Labute approximate surface area is 279 Å². The summed E-state index contributed by atoms with van der Waals surface area (Å²) in [4.78, 5) is 10.3. The third-order valence-electron chi connectivity index (χ3n) is 7.73. The Hall–Kier alpha value is -3.11. The molecule has 1 aliphatic heterocycles. The van der Waals surface area contributed by atoms with Gasteiger partial charge in [0.1, 0.15) is 17.0 Å². The van der Waals surface area contributed by atoms with Crippen LogP contribution in [0.1, 0.15) is 58.1 Å². The third-order valence-corrected chi connectivity index (χ3v) is 8.26. The highest BCUT2D eigenvalue weighted by Gasteiger charge is 2.55. The Bertz CT molecular complexity index is 1520. The molecule has 4 rings (SSSR count). The summed E-state index contributed by atoms with van der Waals surface area (Å²) in [6.45, 7) is 11.2. The first kappa shape index (κ1) is 37.3. The zero-order valence-corrected chi connectivity index (χ0v) is 28.2. The van der Waals surface area contributed by atoms with Crippen molar-refractivity contribution in [3.05, 3.63) is 81.5 Å². The maximum absolute atomic E-state index is 15.0. The summed E-state index contributed by atoms with van der Waals surface area (Å²) in [6.07, 6.45) is 2.28. The number of hydrogen-bond acceptors (Lipinski definition) is 7. The van der Waals surface area contributed by atoms with Crippen molar-refractivity contribution in [2.75, 3.05) is 25.0 Å². The third kappa shape index (κ3) is 9.25. The largest absolute Gasteiger partial charge is 0.389 e. The van der Waals surface area contributed by atoms with E-state index in [1.807, 2.05) is 13.8 Å². The van der Waals surface area contributed by atoms with Crippen molar-refractivity contribution >= 4 is 35.4 Å². The van der Waals surface area contributed by atoms with E-state index in [9.17, 15) is 19.6 Å². The molecule has 1 saturated heterocycles. The summed E-state index contributed by atoms with van der Waals surface area (Å²) >= 11 is 11.9. The minimum Gasteiger partial charge on any atom is -0.389 e. The molecule has 9 nitrogen and oxygen atoms in total. The fraction of sp³-hybridized carbons (Fsp3) is 0.485. The van der Waals surface area contributed by atoms with E-state index in [0.29, 0.717) is 37.3 Å². The predicted molar refractivity (Wildman–Crippen MR) is 176 cm³/mol. The van der Waals surface area contributed by atoms with Crippen molar-refractivity contribution in [2.24, 2.45) is 11.1 Å².